The van der Waals surface area contributed by atoms with E-state index in [4.69, 9.17) is 16.3 Å². The number of hydrogen-bond donors (Lipinski definition) is 0. The summed E-state index contributed by atoms with van der Waals surface area (Å²) in [4.78, 5) is 26.2. The zero-order chi connectivity index (χ0) is 15.4. The summed E-state index contributed by atoms with van der Waals surface area (Å²) in [5, 5.41) is 0.477. The molecule has 1 unspecified atom stereocenters. The van der Waals surface area contributed by atoms with Gasteiger partial charge in [0.1, 0.15) is 6.04 Å². The van der Waals surface area contributed by atoms with Gasteiger partial charge in [-0.05, 0) is 60.3 Å². The van der Waals surface area contributed by atoms with E-state index in [9.17, 15) is 9.59 Å². The minimum atomic E-state index is -0.492. The molecule has 0 aromatic heterocycles. The summed E-state index contributed by atoms with van der Waals surface area (Å²) in [5.74, 6) is -0.504. The van der Waals surface area contributed by atoms with Crippen LogP contribution in [-0.2, 0) is 9.53 Å². The fourth-order valence-electron chi connectivity index (χ4n) is 2.45. The van der Waals surface area contributed by atoms with Crippen LogP contribution in [-0.4, -0.2) is 36.0 Å². The minimum absolute atomic E-state index is 0.179. The maximum atomic E-state index is 12.6. The van der Waals surface area contributed by atoms with Crippen molar-refractivity contribution in [1.82, 2.24) is 4.90 Å². The van der Waals surface area contributed by atoms with E-state index < -0.39 is 6.04 Å². The van der Waals surface area contributed by atoms with Crippen LogP contribution in [0.1, 0.15) is 36.5 Å². The average molecular weight is 375 g/mol. The standard InChI is InChI=1S/C15H17BrClNO3/c1-2-21-15(20)13-5-3-4-8-18(13)14(19)10-6-7-11(16)12(17)9-10/h6-7,9,13H,2-5,8H2,1H3. The number of carbonyl (C=O) groups is 2. The molecule has 6 heteroatoms. The molecule has 1 aliphatic heterocycles. The quantitative estimate of drug-likeness (QED) is 0.759. The Morgan fingerprint density at radius 1 is 1.43 bits per heavy atom. The lowest BCUT2D eigenvalue weighted by Crippen LogP contribution is -2.48. The van der Waals surface area contributed by atoms with Gasteiger partial charge in [-0.2, -0.15) is 0 Å². The van der Waals surface area contributed by atoms with Crippen LogP contribution in [0.25, 0.3) is 0 Å². The zero-order valence-electron chi connectivity index (χ0n) is 11.8. The smallest absolute Gasteiger partial charge is 0.328 e. The zero-order valence-corrected chi connectivity index (χ0v) is 14.1. The van der Waals surface area contributed by atoms with Gasteiger partial charge in [0.25, 0.3) is 5.91 Å². The fraction of sp³-hybridized carbons (Fsp3) is 0.467. The Labute approximate surface area is 137 Å². The Bertz CT molecular complexity index is 550. The van der Waals surface area contributed by atoms with Crippen molar-refractivity contribution in [1.29, 1.82) is 0 Å². The molecule has 0 saturated carbocycles. The Morgan fingerprint density at radius 3 is 2.86 bits per heavy atom. The largest absolute Gasteiger partial charge is 0.464 e. The summed E-state index contributed by atoms with van der Waals surface area (Å²) in [5.41, 5.74) is 0.486. The highest BCUT2D eigenvalue weighted by Gasteiger charge is 2.33. The second-order valence-corrected chi connectivity index (χ2v) is 6.15. The van der Waals surface area contributed by atoms with Gasteiger partial charge in [-0.3, -0.25) is 4.79 Å². The van der Waals surface area contributed by atoms with E-state index in [-0.39, 0.29) is 11.9 Å². The van der Waals surface area contributed by atoms with Crippen molar-refractivity contribution in [2.75, 3.05) is 13.2 Å². The van der Waals surface area contributed by atoms with Crippen molar-refractivity contribution in [2.24, 2.45) is 0 Å². The number of hydrogen-bond acceptors (Lipinski definition) is 3. The van der Waals surface area contributed by atoms with Crippen LogP contribution in [0.3, 0.4) is 0 Å². The average Bonchev–Trinajstić information content (AvgIpc) is 2.49. The van der Waals surface area contributed by atoms with Crippen LogP contribution in [0.5, 0.6) is 0 Å². The third kappa shape index (κ3) is 3.77. The molecule has 114 valence electrons. The van der Waals surface area contributed by atoms with E-state index in [0.717, 1.165) is 17.3 Å². The highest BCUT2D eigenvalue weighted by Crippen LogP contribution is 2.26. The maximum Gasteiger partial charge on any atom is 0.328 e. The number of amides is 1. The van der Waals surface area contributed by atoms with Gasteiger partial charge in [0.05, 0.1) is 11.6 Å². The lowest BCUT2D eigenvalue weighted by atomic mass is 10.0. The van der Waals surface area contributed by atoms with E-state index >= 15 is 0 Å². The SMILES string of the molecule is CCOC(=O)C1CCCCN1C(=O)c1ccc(Br)c(Cl)c1. The Morgan fingerprint density at radius 2 is 2.19 bits per heavy atom. The number of rotatable bonds is 3. The molecule has 1 amide bonds. The molecule has 0 N–H and O–H groups in total. The third-order valence-corrected chi connectivity index (χ3v) is 4.72. The number of piperidine rings is 1. The Hall–Kier alpha value is -1.07. The molecule has 1 heterocycles. The molecular weight excluding hydrogens is 358 g/mol. The number of esters is 1. The summed E-state index contributed by atoms with van der Waals surface area (Å²) in [7, 11) is 0. The summed E-state index contributed by atoms with van der Waals surface area (Å²) >= 11 is 9.34. The third-order valence-electron chi connectivity index (χ3n) is 3.49. The van der Waals surface area contributed by atoms with E-state index in [0.29, 0.717) is 30.2 Å². The second-order valence-electron chi connectivity index (χ2n) is 4.89. The number of nitrogens with zero attached hydrogens (tertiary/aromatic N) is 1. The van der Waals surface area contributed by atoms with Crippen molar-refractivity contribution < 1.29 is 14.3 Å². The van der Waals surface area contributed by atoms with Gasteiger partial charge in [-0.15, -0.1) is 0 Å². The lowest BCUT2D eigenvalue weighted by Gasteiger charge is -2.34. The molecular formula is C15H17BrClNO3. The molecule has 0 spiro atoms. The van der Waals surface area contributed by atoms with Crippen molar-refractivity contribution in [3.8, 4) is 0 Å². The van der Waals surface area contributed by atoms with Crippen molar-refractivity contribution >= 4 is 39.4 Å². The number of carbonyl (C=O) groups excluding carboxylic acids is 2. The van der Waals surface area contributed by atoms with Gasteiger partial charge in [0.2, 0.25) is 0 Å². The van der Waals surface area contributed by atoms with Gasteiger partial charge in [-0.1, -0.05) is 11.6 Å². The first-order chi connectivity index (χ1) is 10.0. The molecule has 2 rings (SSSR count). The summed E-state index contributed by atoms with van der Waals surface area (Å²) < 4.78 is 5.81. The molecule has 1 aliphatic rings. The highest BCUT2D eigenvalue weighted by molar-refractivity contribution is 9.10. The van der Waals surface area contributed by atoms with Crippen LogP contribution in [0.4, 0.5) is 0 Å². The van der Waals surface area contributed by atoms with Crippen LogP contribution in [0.2, 0.25) is 5.02 Å². The molecule has 0 radical (unpaired) electrons. The summed E-state index contributed by atoms with van der Waals surface area (Å²) in [6.45, 7) is 2.65. The van der Waals surface area contributed by atoms with Crippen LogP contribution in [0, 0.1) is 0 Å². The van der Waals surface area contributed by atoms with Crippen LogP contribution < -0.4 is 0 Å². The normalized spacial score (nSPS) is 18.4. The minimum Gasteiger partial charge on any atom is -0.464 e. The number of likely N-dealkylation sites (tertiary alicyclic amines) is 1. The van der Waals surface area contributed by atoms with Gasteiger partial charge in [0, 0.05) is 16.6 Å². The molecule has 1 atom stereocenters. The van der Waals surface area contributed by atoms with Gasteiger partial charge < -0.3 is 9.64 Å². The molecule has 0 bridgehead atoms. The molecule has 4 nitrogen and oxygen atoms in total. The molecule has 21 heavy (non-hydrogen) atoms. The first kappa shape index (κ1) is 16.3. The number of halogens is 2. The summed E-state index contributed by atoms with van der Waals surface area (Å²) in [6, 6.07) is 4.56. The number of ether oxygens (including phenoxy) is 1. The van der Waals surface area contributed by atoms with Gasteiger partial charge in [0.15, 0.2) is 0 Å². The summed E-state index contributed by atoms with van der Waals surface area (Å²) in [6.07, 6.45) is 2.47. The second kappa shape index (κ2) is 7.27. The number of benzene rings is 1. The predicted molar refractivity (Wildman–Crippen MR) is 84.5 cm³/mol. The lowest BCUT2D eigenvalue weighted by molar-refractivity contribution is -0.149. The highest BCUT2D eigenvalue weighted by atomic mass is 79.9. The van der Waals surface area contributed by atoms with E-state index in [1.807, 2.05) is 0 Å². The van der Waals surface area contributed by atoms with Crippen molar-refractivity contribution in [3.05, 3.63) is 33.3 Å². The molecule has 1 saturated heterocycles. The fourth-order valence-corrected chi connectivity index (χ4v) is 2.88. The molecule has 1 aromatic carbocycles. The molecule has 0 aliphatic carbocycles. The van der Waals surface area contributed by atoms with Crippen LogP contribution in [0.15, 0.2) is 22.7 Å². The van der Waals surface area contributed by atoms with Crippen molar-refractivity contribution in [2.45, 2.75) is 32.2 Å². The van der Waals surface area contributed by atoms with Gasteiger partial charge >= 0.3 is 5.97 Å². The molecule has 1 fully saturated rings. The predicted octanol–water partition coefficient (Wildman–Crippen LogP) is 3.66. The topological polar surface area (TPSA) is 46.6 Å². The van der Waals surface area contributed by atoms with Crippen LogP contribution >= 0.6 is 27.5 Å². The van der Waals surface area contributed by atoms with Gasteiger partial charge in [-0.25, -0.2) is 4.79 Å². The Kier molecular flexibility index (Phi) is 5.65. The maximum absolute atomic E-state index is 12.6. The first-order valence-corrected chi connectivity index (χ1v) is 8.14. The van der Waals surface area contributed by atoms with E-state index in [1.165, 1.54) is 0 Å². The van der Waals surface area contributed by atoms with Crippen molar-refractivity contribution in [3.63, 3.8) is 0 Å². The molecule has 1 aromatic rings. The first-order valence-electron chi connectivity index (χ1n) is 6.97. The van der Waals surface area contributed by atoms with E-state index in [1.54, 1.807) is 30.0 Å². The monoisotopic (exact) mass is 373 g/mol. The van der Waals surface area contributed by atoms with E-state index in [2.05, 4.69) is 15.9 Å². The Balaban J connectivity index is 2.21.